The van der Waals surface area contributed by atoms with E-state index < -0.39 is 0 Å². The Kier molecular flexibility index (Phi) is 4.34. The van der Waals surface area contributed by atoms with Crippen LogP contribution in [0.15, 0.2) is 18.2 Å². The van der Waals surface area contributed by atoms with Crippen LogP contribution in [-0.4, -0.2) is 31.1 Å². The van der Waals surface area contributed by atoms with Gasteiger partial charge in [-0.25, -0.2) is 0 Å². The average molecular weight is 293 g/mol. The lowest BCUT2D eigenvalue weighted by Crippen LogP contribution is -2.41. The normalized spacial score (nSPS) is 29.7. The van der Waals surface area contributed by atoms with Crippen molar-refractivity contribution >= 4 is 11.6 Å². The summed E-state index contributed by atoms with van der Waals surface area (Å²) in [5.74, 6) is 0. The van der Waals surface area contributed by atoms with E-state index in [9.17, 15) is 0 Å². The molecule has 0 radical (unpaired) electrons. The quantitative estimate of drug-likeness (QED) is 0.912. The molecule has 0 heterocycles. The molecular formula is C17H25ClN2. The van der Waals surface area contributed by atoms with Crippen molar-refractivity contribution in [1.29, 1.82) is 0 Å². The largest absolute Gasteiger partial charge is 0.317 e. The van der Waals surface area contributed by atoms with Crippen molar-refractivity contribution in [2.45, 2.75) is 56.7 Å². The molecule has 20 heavy (non-hydrogen) atoms. The fraction of sp³-hybridized carbons (Fsp3) is 0.647. The van der Waals surface area contributed by atoms with Crippen molar-refractivity contribution in [3.63, 3.8) is 0 Å². The Hall–Kier alpha value is -0.570. The SMILES string of the molecule is CNC1CCC(N(C)C2CCc3cc(Cl)ccc32)CC1. The monoisotopic (exact) mass is 292 g/mol. The second-order valence-corrected chi connectivity index (χ2v) is 6.79. The van der Waals surface area contributed by atoms with E-state index in [1.165, 1.54) is 49.7 Å². The summed E-state index contributed by atoms with van der Waals surface area (Å²) in [5.41, 5.74) is 2.96. The third-order valence-electron chi connectivity index (χ3n) is 5.32. The van der Waals surface area contributed by atoms with Crippen molar-refractivity contribution in [3.8, 4) is 0 Å². The standard InChI is InChI=1S/C17H25ClN2/c1-19-14-5-7-15(8-6-14)20(2)17-10-3-12-11-13(18)4-9-16(12)17/h4,9,11,14-15,17,19H,3,5-8,10H2,1-2H3. The van der Waals surface area contributed by atoms with Gasteiger partial charge in [0.05, 0.1) is 0 Å². The summed E-state index contributed by atoms with van der Waals surface area (Å²) in [6, 6.07) is 8.51. The van der Waals surface area contributed by atoms with Gasteiger partial charge >= 0.3 is 0 Å². The highest BCUT2D eigenvalue weighted by atomic mass is 35.5. The summed E-state index contributed by atoms with van der Waals surface area (Å²) >= 11 is 6.11. The maximum absolute atomic E-state index is 6.11. The molecule has 1 fully saturated rings. The highest BCUT2D eigenvalue weighted by Gasteiger charge is 2.31. The van der Waals surface area contributed by atoms with Gasteiger partial charge in [0.15, 0.2) is 0 Å². The Morgan fingerprint density at radius 3 is 2.60 bits per heavy atom. The van der Waals surface area contributed by atoms with Crippen LogP contribution in [0.25, 0.3) is 0 Å². The molecule has 1 aromatic carbocycles. The van der Waals surface area contributed by atoms with Gasteiger partial charge in [-0.05, 0) is 75.9 Å². The smallest absolute Gasteiger partial charge is 0.0408 e. The molecule has 1 atom stereocenters. The molecule has 1 saturated carbocycles. The van der Waals surface area contributed by atoms with Gasteiger partial charge in [0.25, 0.3) is 0 Å². The van der Waals surface area contributed by atoms with Crippen LogP contribution in [0, 0.1) is 0 Å². The molecule has 2 aliphatic rings. The lowest BCUT2D eigenvalue weighted by Gasteiger charge is -2.38. The van der Waals surface area contributed by atoms with E-state index in [1.54, 1.807) is 0 Å². The Morgan fingerprint density at radius 2 is 1.90 bits per heavy atom. The van der Waals surface area contributed by atoms with Crippen LogP contribution < -0.4 is 5.32 Å². The van der Waals surface area contributed by atoms with Gasteiger partial charge in [-0.15, -0.1) is 0 Å². The Balaban J connectivity index is 1.69. The van der Waals surface area contributed by atoms with E-state index in [0.717, 1.165) is 17.1 Å². The van der Waals surface area contributed by atoms with Crippen molar-refractivity contribution in [2.75, 3.05) is 14.1 Å². The van der Waals surface area contributed by atoms with Crippen molar-refractivity contribution in [1.82, 2.24) is 10.2 Å². The molecule has 2 nitrogen and oxygen atoms in total. The molecule has 0 amide bonds. The fourth-order valence-electron chi connectivity index (χ4n) is 4.01. The number of halogens is 1. The van der Waals surface area contributed by atoms with Crippen LogP contribution in [0.2, 0.25) is 5.02 Å². The van der Waals surface area contributed by atoms with E-state index in [-0.39, 0.29) is 0 Å². The van der Waals surface area contributed by atoms with Crippen molar-refractivity contribution in [3.05, 3.63) is 34.3 Å². The lowest BCUT2D eigenvalue weighted by molar-refractivity contribution is 0.127. The van der Waals surface area contributed by atoms with Crippen molar-refractivity contribution < 1.29 is 0 Å². The van der Waals surface area contributed by atoms with Gasteiger partial charge in [-0.2, -0.15) is 0 Å². The number of aryl methyl sites for hydroxylation is 1. The second kappa shape index (κ2) is 6.05. The zero-order valence-corrected chi connectivity index (χ0v) is 13.3. The number of hydrogen-bond donors (Lipinski definition) is 1. The van der Waals surface area contributed by atoms with Gasteiger partial charge in [-0.3, -0.25) is 4.90 Å². The number of rotatable bonds is 3. The lowest BCUT2D eigenvalue weighted by atomic mass is 9.89. The minimum Gasteiger partial charge on any atom is -0.317 e. The van der Waals surface area contributed by atoms with Gasteiger partial charge < -0.3 is 5.32 Å². The van der Waals surface area contributed by atoms with Crippen LogP contribution in [0.5, 0.6) is 0 Å². The first kappa shape index (κ1) is 14.4. The molecule has 2 aliphatic carbocycles. The molecule has 1 aromatic rings. The molecule has 0 saturated heterocycles. The van der Waals surface area contributed by atoms with Crippen molar-refractivity contribution in [2.24, 2.45) is 0 Å². The molecule has 3 heteroatoms. The summed E-state index contributed by atoms with van der Waals surface area (Å²) in [6.07, 6.45) is 7.69. The minimum atomic E-state index is 0.596. The summed E-state index contributed by atoms with van der Waals surface area (Å²) in [6.45, 7) is 0. The number of nitrogens with one attached hydrogen (secondary N) is 1. The van der Waals surface area contributed by atoms with E-state index in [4.69, 9.17) is 11.6 Å². The molecule has 1 N–H and O–H groups in total. The van der Waals surface area contributed by atoms with Crippen LogP contribution in [0.4, 0.5) is 0 Å². The van der Waals surface area contributed by atoms with Gasteiger partial charge in [0, 0.05) is 23.1 Å². The minimum absolute atomic E-state index is 0.596. The molecule has 1 unspecified atom stereocenters. The predicted octanol–water partition coefficient (Wildman–Crippen LogP) is 3.79. The van der Waals surface area contributed by atoms with Gasteiger partial charge in [0.1, 0.15) is 0 Å². The van der Waals surface area contributed by atoms with Crippen LogP contribution in [0.3, 0.4) is 0 Å². The topological polar surface area (TPSA) is 15.3 Å². The highest BCUT2D eigenvalue weighted by molar-refractivity contribution is 6.30. The first-order valence-corrected chi connectivity index (χ1v) is 8.24. The third-order valence-corrected chi connectivity index (χ3v) is 5.56. The van der Waals surface area contributed by atoms with E-state index in [0.29, 0.717) is 6.04 Å². The first-order valence-electron chi connectivity index (χ1n) is 7.86. The Bertz CT molecular complexity index is 466. The van der Waals surface area contributed by atoms with Crippen LogP contribution >= 0.6 is 11.6 Å². The number of benzene rings is 1. The zero-order valence-electron chi connectivity index (χ0n) is 12.5. The van der Waals surface area contributed by atoms with Gasteiger partial charge in [-0.1, -0.05) is 17.7 Å². The van der Waals surface area contributed by atoms with E-state index in [1.807, 2.05) is 6.07 Å². The van der Waals surface area contributed by atoms with Crippen LogP contribution in [0.1, 0.15) is 49.3 Å². The Morgan fingerprint density at radius 1 is 1.15 bits per heavy atom. The van der Waals surface area contributed by atoms with Crippen LogP contribution in [-0.2, 0) is 6.42 Å². The predicted molar refractivity (Wildman–Crippen MR) is 85.4 cm³/mol. The molecule has 0 aromatic heterocycles. The maximum atomic E-state index is 6.11. The third kappa shape index (κ3) is 2.74. The summed E-state index contributed by atoms with van der Waals surface area (Å²) in [4.78, 5) is 2.63. The molecule has 3 rings (SSSR count). The molecule has 0 spiro atoms. The summed E-state index contributed by atoms with van der Waals surface area (Å²) in [5, 5.41) is 4.30. The van der Waals surface area contributed by atoms with E-state index in [2.05, 4.69) is 36.4 Å². The number of hydrogen-bond acceptors (Lipinski definition) is 2. The summed E-state index contributed by atoms with van der Waals surface area (Å²) < 4.78 is 0. The Labute approximate surface area is 127 Å². The maximum Gasteiger partial charge on any atom is 0.0408 e. The number of fused-ring (bicyclic) bond motifs is 1. The zero-order chi connectivity index (χ0) is 14.1. The molecule has 0 bridgehead atoms. The highest BCUT2D eigenvalue weighted by Crippen LogP contribution is 2.39. The van der Waals surface area contributed by atoms with Gasteiger partial charge in [0.2, 0.25) is 0 Å². The second-order valence-electron chi connectivity index (χ2n) is 6.36. The first-order chi connectivity index (χ1) is 9.69. The number of nitrogens with zero attached hydrogens (tertiary/aromatic N) is 1. The summed E-state index contributed by atoms with van der Waals surface area (Å²) in [7, 11) is 4.41. The molecule has 0 aliphatic heterocycles. The molecular weight excluding hydrogens is 268 g/mol. The van der Waals surface area contributed by atoms with E-state index >= 15 is 0 Å². The molecule has 110 valence electrons. The fourth-order valence-corrected chi connectivity index (χ4v) is 4.21. The average Bonchev–Trinajstić information content (AvgIpc) is 2.89.